The Balaban J connectivity index is 1.96. The van der Waals surface area contributed by atoms with Crippen LogP contribution in [0.4, 0.5) is 5.69 Å². The van der Waals surface area contributed by atoms with E-state index in [0.717, 1.165) is 6.54 Å². The van der Waals surface area contributed by atoms with Gasteiger partial charge in [-0.25, -0.2) is 4.98 Å². The minimum Gasteiger partial charge on any atom is -0.352 e. The molecule has 1 aromatic carbocycles. The van der Waals surface area contributed by atoms with Gasteiger partial charge in [-0.2, -0.15) is 0 Å². The van der Waals surface area contributed by atoms with Gasteiger partial charge in [-0.15, -0.1) is 0 Å². The summed E-state index contributed by atoms with van der Waals surface area (Å²) in [5.41, 5.74) is -0.0295. The molecule has 0 aliphatic rings. The molecule has 22 heavy (non-hydrogen) atoms. The molecule has 7 nitrogen and oxygen atoms in total. The summed E-state index contributed by atoms with van der Waals surface area (Å²) < 4.78 is 1.92. The van der Waals surface area contributed by atoms with Crippen molar-refractivity contribution in [1.82, 2.24) is 14.9 Å². The number of nitro benzene ring substituents is 1. The van der Waals surface area contributed by atoms with Gasteiger partial charge in [0, 0.05) is 48.2 Å². The van der Waals surface area contributed by atoms with E-state index >= 15 is 0 Å². The van der Waals surface area contributed by atoms with Crippen molar-refractivity contribution in [3.63, 3.8) is 0 Å². The first-order valence-electron chi connectivity index (χ1n) is 6.64. The number of nitrogens with one attached hydrogen (secondary N) is 1. The molecule has 116 valence electrons. The van der Waals surface area contributed by atoms with Crippen LogP contribution in [0, 0.1) is 16.0 Å². The van der Waals surface area contributed by atoms with E-state index in [9.17, 15) is 14.9 Å². The molecule has 0 saturated heterocycles. The standard InChI is InChI=1S/C14H15ClN4O3/c1-10(8-18-3-2-16-9-18)7-17-14(20)11-4-12(15)6-13(5-11)19(21)22/h2-6,9-10H,7-8H2,1H3,(H,17,20)/t10-/m1/s1. The molecule has 0 unspecified atom stereocenters. The van der Waals surface area contributed by atoms with Crippen LogP contribution >= 0.6 is 11.6 Å². The van der Waals surface area contributed by atoms with E-state index in [1.807, 2.05) is 17.7 Å². The Morgan fingerprint density at radius 1 is 1.50 bits per heavy atom. The zero-order valence-corrected chi connectivity index (χ0v) is 12.7. The van der Waals surface area contributed by atoms with E-state index < -0.39 is 4.92 Å². The van der Waals surface area contributed by atoms with E-state index in [0.29, 0.717) is 6.54 Å². The van der Waals surface area contributed by atoms with Crippen molar-refractivity contribution >= 4 is 23.2 Å². The number of carbonyl (C=O) groups is 1. The highest BCUT2D eigenvalue weighted by atomic mass is 35.5. The van der Waals surface area contributed by atoms with Crippen molar-refractivity contribution in [3.05, 3.63) is 57.6 Å². The van der Waals surface area contributed by atoms with Gasteiger partial charge < -0.3 is 9.88 Å². The number of hydrogen-bond donors (Lipinski definition) is 1. The molecule has 0 fully saturated rings. The Bertz CT molecular complexity index is 673. The number of benzene rings is 1. The number of non-ortho nitro benzene ring substituents is 1. The van der Waals surface area contributed by atoms with Crippen LogP contribution in [0.3, 0.4) is 0 Å². The third-order valence-corrected chi connectivity index (χ3v) is 3.27. The number of rotatable bonds is 6. The minimum atomic E-state index is -0.579. The summed E-state index contributed by atoms with van der Waals surface area (Å²) >= 11 is 5.80. The molecule has 0 saturated carbocycles. The number of halogens is 1. The summed E-state index contributed by atoms with van der Waals surface area (Å²) in [6.07, 6.45) is 5.24. The van der Waals surface area contributed by atoms with Gasteiger partial charge in [0.05, 0.1) is 11.3 Å². The number of nitro groups is 1. The van der Waals surface area contributed by atoms with Crippen LogP contribution in [-0.2, 0) is 6.54 Å². The Hall–Kier alpha value is -2.41. The number of aromatic nitrogens is 2. The lowest BCUT2D eigenvalue weighted by molar-refractivity contribution is -0.384. The molecule has 0 bridgehead atoms. The van der Waals surface area contributed by atoms with Gasteiger partial charge in [0.25, 0.3) is 11.6 Å². The Kier molecular flexibility index (Phi) is 5.11. The van der Waals surface area contributed by atoms with Crippen molar-refractivity contribution < 1.29 is 9.72 Å². The summed E-state index contributed by atoms with van der Waals surface area (Å²) in [6.45, 7) is 3.15. The second-order valence-corrected chi connectivity index (χ2v) is 5.47. The zero-order valence-electron chi connectivity index (χ0n) is 11.9. The summed E-state index contributed by atoms with van der Waals surface area (Å²) in [5, 5.41) is 13.7. The highest BCUT2D eigenvalue weighted by molar-refractivity contribution is 6.31. The van der Waals surface area contributed by atoms with E-state index in [4.69, 9.17) is 11.6 Å². The molecule has 0 aliphatic carbocycles. The van der Waals surface area contributed by atoms with Crippen LogP contribution in [0.5, 0.6) is 0 Å². The van der Waals surface area contributed by atoms with E-state index in [2.05, 4.69) is 10.3 Å². The van der Waals surface area contributed by atoms with Gasteiger partial charge in [-0.1, -0.05) is 18.5 Å². The van der Waals surface area contributed by atoms with Gasteiger partial charge >= 0.3 is 0 Å². The lowest BCUT2D eigenvalue weighted by atomic mass is 10.1. The number of carbonyl (C=O) groups excluding carboxylic acids is 1. The molecule has 1 aromatic heterocycles. The van der Waals surface area contributed by atoms with Gasteiger partial charge in [0.2, 0.25) is 0 Å². The number of hydrogen-bond acceptors (Lipinski definition) is 4. The average molecular weight is 323 g/mol. The van der Waals surface area contributed by atoms with E-state index in [1.54, 1.807) is 12.5 Å². The van der Waals surface area contributed by atoms with Gasteiger partial charge in [-0.3, -0.25) is 14.9 Å². The Morgan fingerprint density at radius 3 is 2.91 bits per heavy atom. The molecular weight excluding hydrogens is 308 g/mol. The minimum absolute atomic E-state index is 0.158. The van der Waals surface area contributed by atoms with Crippen LogP contribution in [0.15, 0.2) is 36.9 Å². The van der Waals surface area contributed by atoms with Crippen LogP contribution in [0.25, 0.3) is 0 Å². The summed E-state index contributed by atoms with van der Waals surface area (Å²) in [6, 6.07) is 3.83. The fourth-order valence-corrected chi connectivity index (χ4v) is 2.23. The van der Waals surface area contributed by atoms with Crippen molar-refractivity contribution in [3.8, 4) is 0 Å². The molecular formula is C14H15ClN4O3. The summed E-state index contributed by atoms with van der Waals surface area (Å²) in [4.78, 5) is 26.2. The molecule has 1 atom stereocenters. The summed E-state index contributed by atoms with van der Waals surface area (Å²) in [7, 11) is 0. The fraction of sp³-hybridized carbons (Fsp3) is 0.286. The molecule has 1 N–H and O–H groups in total. The lowest BCUT2D eigenvalue weighted by Gasteiger charge is -2.13. The lowest BCUT2D eigenvalue weighted by Crippen LogP contribution is -2.29. The van der Waals surface area contributed by atoms with Gasteiger partial charge in [-0.05, 0) is 12.0 Å². The maximum Gasteiger partial charge on any atom is 0.271 e. The number of amides is 1. The highest BCUT2D eigenvalue weighted by Gasteiger charge is 2.14. The first kappa shape index (κ1) is 16.0. The van der Waals surface area contributed by atoms with Crippen molar-refractivity contribution in [2.45, 2.75) is 13.5 Å². The Morgan fingerprint density at radius 2 is 2.27 bits per heavy atom. The topological polar surface area (TPSA) is 90.1 Å². The fourth-order valence-electron chi connectivity index (χ4n) is 2.00. The van der Waals surface area contributed by atoms with Crippen LogP contribution in [0.2, 0.25) is 5.02 Å². The molecule has 2 rings (SSSR count). The third kappa shape index (κ3) is 4.29. The predicted molar refractivity (Wildman–Crippen MR) is 81.8 cm³/mol. The maximum absolute atomic E-state index is 12.1. The normalized spacial score (nSPS) is 11.9. The Labute approximate surface area is 132 Å². The number of imidazole rings is 1. The molecule has 1 amide bonds. The zero-order chi connectivity index (χ0) is 16.1. The number of nitrogens with zero attached hydrogens (tertiary/aromatic N) is 3. The predicted octanol–water partition coefficient (Wildman–Crippen LogP) is 2.51. The average Bonchev–Trinajstić information content (AvgIpc) is 2.96. The first-order valence-corrected chi connectivity index (χ1v) is 7.02. The molecule has 8 heteroatoms. The quantitative estimate of drug-likeness (QED) is 0.653. The van der Waals surface area contributed by atoms with E-state index in [1.165, 1.54) is 18.2 Å². The molecule has 2 aromatic rings. The van der Waals surface area contributed by atoms with Crippen LogP contribution in [-0.4, -0.2) is 26.9 Å². The van der Waals surface area contributed by atoms with Gasteiger partial charge in [0.1, 0.15) is 0 Å². The SMILES string of the molecule is C[C@H](CNC(=O)c1cc(Cl)cc([N+](=O)[O-])c1)Cn1ccnc1. The maximum atomic E-state index is 12.1. The highest BCUT2D eigenvalue weighted by Crippen LogP contribution is 2.20. The van der Waals surface area contributed by atoms with Gasteiger partial charge in [0.15, 0.2) is 0 Å². The monoisotopic (exact) mass is 322 g/mol. The van der Waals surface area contributed by atoms with Crippen molar-refractivity contribution in [2.75, 3.05) is 6.54 Å². The molecule has 0 aliphatic heterocycles. The van der Waals surface area contributed by atoms with Crippen LogP contribution in [0.1, 0.15) is 17.3 Å². The smallest absolute Gasteiger partial charge is 0.271 e. The first-order chi connectivity index (χ1) is 10.5. The second-order valence-electron chi connectivity index (χ2n) is 5.03. The van der Waals surface area contributed by atoms with E-state index in [-0.39, 0.29) is 28.1 Å². The molecule has 0 radical (unpaired) electrons. The largest absolute Gasteiger partial charge is 0.352 e. The summed E-state index contributed by atoms with van der Waals surface area (Å²) in [5.74, 6) is -0.199. The van der Waals surface area contributed by atoms with Crippen molar-refractivity contribution in [1.29, 1.82) is 0 Å². The molecule has 1 heterocycles. The van der Waals surface area contributed by atoms with Crippen molar-refractivity contribution in [2.24, 2.45) is 5.92 Å². The third-order valence-electron chi connectivity index (χ3n) is 3.05. The second kappa shape index (κ2) is 7.04. The van der Waals surface area contributed by atoms with Crippen LogP contribution < -0.4 is 5.32 Å². The molecule has 0 spiro atoms.